The van der Waals surface area contributed by atoms with Crippen molar-refractivity contribution in [2.45, 2.75) is 20.0 Å². The predicted molar refractivity (Wildman–Crippen MR) is 35.8 cm³/mol. The summed E-state index contributed by atoms with van der Waals surface area (Å²) in [5, 5.41) is 0.208. The molecule has 0 fully saturated rings. The summed E-state index contributed by atoms with van der Waals surface area (Å²) in [6.45, 7) is 3.79. The van der Waals surface area contributed by atoms with Gasteiger partial charge in [-0.1, -0.05) is 0 Å². The molecular weight excluding hydrogens is 124 g/mol. The van der Waals surface area contributed by atoms with Crippen molar-refractivity contribution in [3.8, 4) is 0 Å². The Kier molecular flexibility index (Phi) is 3.52. The lowest BCUT2D eigenvalue weighted by Gasteiger charge is -2.07. The first-order valence-corrected chi connectivity index (χ1v) is 2.82. The lowest BCUT2D eigenvalue weighted by atomic mass is 10.5. The molecule has 2 nitrogen and oxygen atoms in total. The highest BCUT2D eigenvalue weighted by Gasteiger charge is 1.96. The molecule has 0 heterocycles. The number of hydrogen-bond acceptors (Lipinski definition) is 3. The highest BCUT2D eigenvalue weighted by atomic mass is 32.1. The van der Waals surface area contributed by atoms with Gasteiger partial charge in [-0.3, -0.25) is 0 Å². The van der Waals surface area contributed by atoms with Crippen molar-refractivity contribution in [1.29, 1.82) is 0 Å². The zero-order chi connectivity index (χ0) is 6.57. The average Bonchev–Trinajstić information content (AvgIpc) is 1.65. The lowest BCUT2D eigenvalue weighted by molar-refractivity contribution is 0.161. The van der Waals surface area contributed by atoms with Gasteiger partial charge in [-0.2, -0.15) is 0 Å². The van der Waals surface area contributed by atoms with Crippen LogP contribution in [0.2, 0.25) is 0 Å². The Morgan fingerprint density at radius 3 is 2.12 bits per heavy atom. The zero-order valence-electron chi connectivity index (χ0n) is 5.30. The summed E-state index contributed by atoms with van der Waals surface area (Å²) in [5.41, 5.74) is 0. The molecule has 48 valence electrons. The van der Waals surface area contributed by atoms with Gasteiger partial charge in [0.25, 0.3) is 0 Å². The van der Waals surface area contributed by atoms with Crippen LogP contribution in [0.5, 0.6) is 0 Å². The molecule has 0 atom stereocenters. The third kappa shape index (κ3) is 3.87. The van der Waals surface area contributed by atoms with Crippen LogP contribution in [0.1, 0.15) is 13.8 Å². The molecule has 0 N–H and O–H groups in total. The number of rotatable bonds is 1. The van der Waals surface area contributed by atoms with Gasteiger partial charge in [-0.25, -0.2) is 0 Å². The summed E-state index contributed by atoms with van der Waals surface area (Å²) in [6, 6.07) is 0. The molecule has 0 rings (SSSR count). The molecule has 8 heavy (non-hydrogen) atoms. The van der Waals surface area contributed by atoms with E-state index >= 15 is 0 Å². The first kappa shape index (κ1) is 7.69. The molecule has 0 saturated heterocycles. The minimum absolute atomic E-state index is 0.113. The molecule has 0 aliphatic heterocycles. The SMILES string of the molecule is COC(=S)OC(C)C. The van der Waals surface area contributed by atoms with Gasteiger partial charge in [0.1, 0.15) is 0 Å². The van der Waals surface area contributed by atoms with E-state index in [0.717, 1.165) is 0 Å². The second-order valence-electron chi connectivity index (χ2n) is 1.62. The maximum Gasteiger partial charge on any atom is 0.352 e. The monoisotopic (exact) mass is 134 g/mol. The van der Waals surface area contributed by atoms with Gasteiger partial charge < -0.3 is 9.47 Å². The van der Waals surface area contributed by atoms with Crippen molar-refractivity contribution in [3.63, 3.8) is 0 Å². The van der Waals surface area contributed by atoms with Gasteiger partial charge in [0.2, 0.25) is 0 Å². The van der Waals surface area contributed by atoms with Crippen molar-refractivity contribution >= 4 is 17.5 Å². The number of hydrogen-bond donors (Lipinski definition) is 0. The standard InChI is InChI=1S/C5H10O2S/c1-4(2)7-5(8)6-3/h4H,1-3H3. The third-order valence-electron chi connectivity index (χ3n) is 0.499. The summed E-state index contributed by atoms with van der Waals surface area (Å²) in [7, 11) is 1.49. The van der Waals surface area contributed by atoms with Crippen molar-refractivity contribution in [2.75, 3.05) is 7.11 Å². The van der Waals surface area contributed by atoms with Gasteiger partial charge in [-0.15, -0.1) is 0 Å². The second kappa shape index (κ2) is 3.66. The van der Waals surface area contributed by atoms with Gasteiger partial charge in [0.05, 0.1) is 13.2 Å². The third-order valence-corrected chi connectivity index (χ3v) is 0.761. The molecule has 0 radical (unpaired) electrons. The highest BCUT2D eigenvalue weighted by Crippen LogP contribution is 1.90. The van der Waals surface area contributed by atoms with Crippen LogP contribution in [0.25, 0.3) is 0 Å². The van der Waals surface area contributed by atoms with Crippen molar-refractivity contribution in [1.82, 2.24) is 0 Å². The van der Waals surface area contributed by atoms with Gasteiger partial charge in [-0.05, 0) is 13.8 Å². The first-order valence-electron chi connectivity index (χ1n) is 2.41. The van der Waals surface area contributed by atoms with Crippen LogP contribution >= 0.6 is 12.2 Å². The van der Waals surface area contributed by atoms with E-state index in [9.17, 15) is 0 Å². The molecule has 0 spiro atoms. The van der Waals surface area contributed by atoms with Crippen LogP contribution < -0.4 is 0 Å². The number of ether oxygens (including phenoxy) is 2. The van der Waals surface area contributed by atoms with Crippen LogP contribution in [0.15, 0.2) is 0 Å². The van der Waals surface area contributed by atoms with E-state index < -0.39 is 0 Å². The van der Waals surface area contributed by atoms with E-state index in [0.29, 0.717) is 0 Å². The Labute approximate surface area is 54.8 Å². The molecule has 0 aliphatic carbocycles. The zero-order valence-corrected chi connectivity index (χ0v) is 6.12. The lowest BCUT2D eigenvalue weighted by Crippen LogP contribution is -2.10. The van der Waals surface area contributed by atoms with Crippen LogP contribution in [0, 0.1) is 0 Å². The quantitative estimate of drug-likeness (QED) is 0.504. The fourth-order valence-corrected chi connectivity index (χ4v) is 0.433. The highest BCUT2D eigenvalue weighted by molar-refractivity contribution is 7.79. The minimum Gasteiger partial charge on any atom is -0.460 e. The Bertz CT molecular complexity index is 80.5. The van der Waals surface area contributed by atoms with Crippen LogP contribution in [0.4, 0.5) is 0 Å². The van der Waals surface area contributed by atoms with Gasteiger partial charge in [0.15, 0.2) is 0 Å². The maximum atomic E-state index is 4.91. The molecule has 0 aliphatic rings. The molecule has 3 heteroatoms. The summed E-state index contributed by atoms with van der Waals surface area (Å²) < 4.78 is 9.48. The summed E-state index contributed by atoms with van der Waals surface area (Å²) in [5.74, 6) is 0. The van der Waals surface area contributed by atoms with E-state index in [1.54, 1.807) is 0 Å². The number of thiocarbonyl (C=S) groups is 1. The van der Waals surface area contributed by atoms with Crippen LogP contribution in [-0.2, 0) is 9.47 Å². The van der Waals surface area contributed by atoms with E-state index in [1.165, 1.54) is 7.11 Å². The molecule has 0 bridgehead atoms. The molecule has 0 unspecified atom stereocenters. The smallest absolute Gasteiger partial charge is 0.352 e. The normalized spacial score (nSPS) is 9.00. The van der Waals surface area contributed by atoms with Gasteiger partial charge >= 0.3 is 5.24 Å². The van der Waals surface area contributed by atoms with Crippen molar-refractivity contribution in [2.24, 2.45) is 0 Å². The fourth-order valence-electron chi connectivity index (χ4n) is 0.241. The molecule has 0 aromatic heterocycles. The van der Waals surface area contributed by atoms with E-state index in [4.69, 9.17) is 4.74 Å². The van der Waals surface area contributed by atoms with E-state index in [2.05, 4.69) is 17.0 Å². The minimum atomic E-state index is 0.113. The Balaban J connectivity index is 3.25. The summed E-state index contributed by atoms with van der Waals surface area (Å²) in [4.78, 5) is 0. The summed E-state index contributed by atoms with van der Waals surface area (Å²) in [6.07, 6.45) is 0.113. The first-order chi connectivity index (χ1) is 3.66. The Morgan fingerprint density at radius 1 is 1.50 bits per heavy atom. The number of methoxy groups -OCH3 is 1. The van der Waals surface area contributed by atoms with Crippen molar-refractivity contribution < 1.29 is 9.47 Å². The molecule has 0 aromatic rings. The Hall–Kier alpha value is -0.310. The van der Waals surface area contributed by atoms with E-state index in [1.807, 2.05) is 13.8 Å². The molecule has 0 amide bonds. The van der Waals surface area contributed by atoms with E-state index in [-0.39, 0.29) is 11.3 Å². The van der Waals surface area contributed by atoms with Gasteiger partial charge in [0, 0.05) is 12.2 Å². The van der Waals surface area contributed by atoms with Crippen molar-refractivity contribution in [3.05, 3.63) is 0 Å². The molecular formula is C5H10O2S. The van der Waals surface area contributed by atoms with Crippen LogP contribution in [-0.4, -0.2) is 18.5 Å². The molecule has 0 saturated carbocycles. The Morgan fingerprint density at radius 2 is 2.00 bits per heavy atom. The molecule has 0 aromatic carbocycles. The second-order valence-corrected chi connectivity index (χ2v) is 1.95. The fraction of sp³-hybridized carbons (Fsp3) is 0.800. The predicted octanol–water partition coefficient (Wildman–Crippen LogP) is 1.34. The summed E-state index contributed by atoms with van der Waals surface area (Å²) >= 11 is 4.59. The average molecular weight is 134 g/mol. The topological polar surface area (TPSA) is 18.5 Å². The van der Waals surface area contributed by atoms with Crippen LogP contribution in [0.3, 0.4) is 0 Å². The maximum absolute atomic E-state index is 4.91. The largest absolute Gasteiger partial charge is 0.460 e.